The molecule has 0 spiro atoms. The second-order valence-corrected chi connectivity index (χ2v) is 7.08. The highest BCUT2D eigenvalue weighted by atomic mass is 16.5. The highest BCUT2D eigenvalue weighted by Crippen LogP contribution is 2.65. The Kier molecular flexibility index (Phi) is 2.14. The average Bonchev–Trinajstić information content (AvgIpc) is 3.08. The van der Waals surface area contributed by atoms with Crippen molar-refractivity contribution in [3.05, 3.63) is 12.2 Å². The molecule has 0 aromatic heterocycles. The number of amides is 2. The van der Waals surface area contributed by atoms with Crippen LogP contribution in [0.4, 0.5) is 0 Å². The zero-order valence-corrected chi connectivity index (χ0v) is 11.4. The number of hydrogen-bond donors (Lipinski definition) is 0. The first-order valence-corrected chi connectivity index (χ1v) is 7.91. The van der Waals surface area contributed by atoms with E-state index in [1.54, 1.807) is 0 Å². The van der Waals surface area contributed by atoms with Crippen molar-refractivity contribution in [1.29, 1.82) is 0 Å². The molecule has 7 atom stereocenters. The minimum atomic E-state index is -0.0531. The number of allylic oxidation sites excluding steroid dienone is 2. The van der Waals surface area contributed by atoms with Crippen molar-refractivity contribution in [2.75, 3.05) is 13.2 Å². The van der Waals surface area contributed by atoms with Crippen LogP contribution in [-0.2, 0) is 14.3 Å². The number of hydrogen-bond acceptors (Lipinski definition) is 3. The topological polar surface area (TPSA) is 46.6 Å². The molecule has 20 heavy (non-hydrogen) atoms. The van der Waals surface area contributed by atoms with Crippen LogP contribution >= 0.6 is 0 Å². The zero-order chi connectivity index (χ0) is 13.4. The van der Waals surface area contributed by atoms with Crippen LogP contribution in [0.3, 0.4) is 0 Å². The Bertz CT molecular complexity index is 486. The van der Waals surface area contributed by atoms with Crippen molar-refractivity contribution in [3.8, 4) is 0 Å². The van der Waals surface area contributed by atoms with E-state index in [1.807, 2.05) is 0 Å². The Hall–Kier alpha value is -1.16. The van der Waals surface area contributed by atoms with Crippen LogP contribution in [0.15, 0.2) is 12.2 Å². The fourth-order valence-corrected chi connectivity index (χ4v) is 5.19. The van der Waals surface area contributed by atoms with Gasteiger partial charge < -0.3 is 4.74 Å². The summed E-state index contributed by atoms with van der Waals surface area (Å²) in [5.74, 6) is 2.10. The molecule has 6 aliphatic rings. The molecule has 0 aromatic rings. The fraction of sp³-hybridized carbons (Fsp3) is 0.750. The first-order chi connectivity index (χ1) is 9.75. The number of carbonyl (C=O) groups excluding carboxylic acids is 2. The van der Waals surface area contributed by atoms with E-state index in [0.717, 1.165) is 19.4 Å². The monoisotopic (exact) mass is 273 g/mol. The van der Waals surface area contributed by atoms with Crippen LogP contribution in [-0.4, -0.2) is 36.0 Å². The lowest BCUT2D eigenvalue weighted by atomic mass is 9.63. The Morgan fingerprint density at radius 2 is 1.75 bits per heavy atom. The molecule has 4 nitrogen and oxygen atoms in total. The molecule has 4 heteroatoms. The predicted molar refractivity (Wildman–Crippen MR) is 70.4 cm³/mol. The van der Waals surface area contributed by atoms with E-state index in [4.69, 9.17) is 4.74 Å². The van der Waals surface area contributed by atoms with Crippen molar-refractivity contribution in [2.45, 2.75) is 25.4 Å². The summed E-state index contributed by atoms with van der Waals surface area (Å²) in [5.41, 5.74) is 0. The van der Waals surface area contributed by atoms with Gasteiger partial charge in [0.25, 0.3) is 0 Å². The van der Waals surface area contributed by atoms with E-state index in [9.17, 15) is 9.59 Å². The summed E-state index contributed by atoms with van der Waals surface area (Å²) in [6.45, 7) is 1.25. The van der Waals surface area contributed by atoms with Gasteiger partial charge in [-0.05, 0) is 42.9 Å². The molecule has 4 aliphatic carbocycles. The van der Waals surface area contributed by atoms with Crippen molar-refractivity contribution >= 4 is 11.8 Å². The van der Waals surface area contributed by atoms with Crippen LogP contribution in [0.2, 0.25) is 0 Å². The van der Waals surface area contributed by atoms with Gasteiger partial charge in [-0.3, -0.25) is 14.5 Å². The van der Waals surface area contributed by atoms with Gasteiger partial charge in [0.1, 0.15) is 0 Å². The molecule has 2 saturated heterocycles. The third kappa shape index (κ3) is 1.31. The standard InChI is InChI=1S/C16H19NO3/c18-15-13-9-3-4-10(12-6-11(9)12)14(13)16(19)17(15)7-8-2-1-5-20-8/h3-4,8-14H,1-2,5-7H2/t8-,9+,10+,11-,12+,13-,14+/m1/s1. The summed E-state index contributed by atoms with van der Waals surface area (Å²) in [4.78, 5) is 26.9. The van der Waals surface area contributed by atoms with Gasteiger partial charge in [0, 0.05) is 6.61 Å². The molecule has 0 radical (unpaired) electrons. The molecule has 4 fully saturated rings. The predicted octanol–water partition coefficient (Wildman–Crippen LogP) is 1.22. The van der Waals surface area contributed by atoms with E-state index in [1.165, 1.54) is 11.3 Å². The molecule has 2 heterocycles. The summed E-state index contributed by atoms with van der Waals surface area (Å²) < 4.78 is 5.60. The Labute approximate surface area is 118 Å². The number of ether oxygens (including phenoxy) is 1. The Morgan fingerprint density at radius 3 is 2.30 bits per heavy atom. The Morgan fingerprint density at radius 1 is 1.10 bits per heavy atom. The Balaban J connectivity index is 1.44. The summed E-state index contributed by atoms with van der Waals surface area (Å²) in [5, 5.41) is 0. The minimum absolute atomic E-state index is 0.0531. The van der Waals surface area contributed by atoms with Crippen LogP contribution in [0, 0.1) is 35.5 Å². The number of nitrogens with zero attached hydrogens (tertiary/aromatic N) is 1. The van der Waals surface area contributed by atoms with Crippen molar-refractivity contribution in [2.24, 2.45) is 35.5 Å². The van der Waals surface area contributed by atoms with Gasteiger partial charge in [0.2, 0.25) is 11.8 Å². The number of carbonyl (C=O) groups is 2. The van der Waals surface area contributed by atoms with Crippen LogP contribution in [0.1, 0.15) is 19.3 Å². The average molecular weight is 273 g/mol. The smallest absolute Gasteiger partial charge is 0.233 e. The molecule has 2 bridgehead atoms. The highest BCUT2D eigenvalue weighted by Gasteiger charge is 2.67. The van der Waals surface area contributed by atoms with Crippen LogP contribution in [0.5, 0.6) is 0 Å². The van der Waals surface area contributed by atoms with Gasteiger partial charge in [0.15, 0.2) is 0 Å². The largest absolute Gasteiger partial charge is 0.376 e. The maximum atomic E-state index is 12.7. The summed E-state index contributed by atoms with van der Waals surface area (Å²) in [6.07, 6.45) is 7.76. The van der Waals surface area contributed by atoms with Gasteiger partial charge in [-0.25, -0.2) is 0 Å². The third-order valence-corrected chi connectivity index (χ3v) is 6.16. The number of rotatable bonds is 2. The maximum Gasteiger partial charge on any atom is 0.233 e. The number of likely N-dealkylation sites (tertiary alicyclic amines) is 1. The lowest BCUT2D eigenvalue weighted by Gasteiger charge is -2.37. The summed E-state index contributed by atoms with van der Waals surface area (Å²) in [7, 11) is 0. The quantitative estimate of drug-likeness (QED) is 0.561. The second kappa shape index (κ2) is 3.73. The van der Waals surface area contributed by atoms with E-state index in [2.05, 4.69) is 12.2 Å². The maximum absolute atomic E-state index is 12.7. The highest BCUT2D eigenvalue weighted by molar-refractivity contribution is 6.06. The molecule has 0 aromatic carbocycles. The lowest BCUT2D eigenvalue weighted by molar-refractivity contribution is -0.142. The van der Waals surface area contributed by atoms with E-state index >= 15 is 0 Å². The molecular weight excluding hydrogens is 254 g/mol. The van der Waals surface area contributed by atoms with E-state index < -0.39 is 0 Å². The van der Waals surface area contributed by atoms with Crippen molar-refractivity contribution in [3.63, 3.8) is 0 Å². The molecule has 2 amide bonds. The van der Waals surface area contributed by atoms with Gasteiger partial charge in [0.05, 0.1) is 24.5 Å². The normalized spacial score (nSPS) is 51.6. The van der Waals surface area contributed by atoms with Crippen molar-refractivity contribution < 1.29 is 14.3 Å². The molecule has 106 valence electrons. The number of imide groups is 1. The third-order valence-electron chi connectivity index (χ3n) is 6.16. The molecular formula is C16H19NO3. The summed E-state index contributed by atoms with van der Waals surface area (Å²) >= 11 is 0. The lowest BCUT2D eigenvalue weighted by Crippen LogP contribution is -2.40. The van der Waals surface area contributed by atoms with Crippen LogP contribution < -0.4 is 0 Å². The van der Waals surface area contributed by atoms with Crippen LogP contribution in [0.25, 0.3) is 0 Å². The molecule has 6 rings (SSSR count). The second-order valence-electron chi connectivity index (χ2n) is 7.08. The molecule has 2 aliphatic heterocycles. The summed E-state index contributed by atoms with van der Waals surface area (Å²) in [6, 6.07) is 0. The van der Waals surface area contributed by atoms with Crippen molar-refractivity contribution in [1.82, 2.24) is 4.90 Å². The van der Waals surface area contributed by atoms with E-state index in [0.29, 0.717) is 30.2 Å². The minimum Gasteiger partial charge on any atom is -0.376 e. The molecule has 2 saturated carbocycles. The fourth-order valence-electron chi connectivity index (χ4n) is 5.19. The SMILES string of the molecule is O=C1[C@@H]2[C@H]3C=C[C@@H]([C@@H]4C[C@H]34)[C@@H]2C(=O)N1C[C@H]1CCCO1. The molecule has 0 N–H and O–H groups in total. The first-order valence-electron chi connectivity index (χ1n) is 7.91. The van der Waals surface area contributed by atoms with Gasteiger partial charge in [-0.1, -0.05) is 12.2 Å². The zero-order valence-electron chi connectivity index (χ0n) is 11.4. The first kappa shape index (κ1) is 11.5. The van der Waals surface area contributed by atoms with Gasteiger partial charge in [-0.15, -0.1) is 0 Å². The van der Waals surface area contributed by atoms with Gasteiger partial charge >= 0.3 is 0 Å². The molecule has 0 unspecified atom stereocenters. The van der Waals surface area contributed by atoms with Gasteiger partial charge in [-0.2, -0.15) is 0 Å². The van der Waals surface area contributed by atoms with E-state index in [-0.39, 0.29) is 29.8 Å².